The van der Waals surface area contributed by atoms with Gasteiger partial charge in [0, 0.05) is 22.6 Å². The topological polar surface area (TPSA) is 72.4 Å². The molecule has 1 aromatic heterocycles. The third-order valence-corrected chi connectivity index (χ3v) is 4.32. The Bertz CT molecular complexity index is 943. The zero-order chi connectivity index (χ0) is 20.1. The van der Waals surface area contributed by atoms with Gasteiger partial charge < -0.3 is 10.1 Å². The second kappa shape index (κ2) is 8.43. The van der Waals surface area contributed by atoms with Gasteiger partial charge in [0.25, 0.3) is 11.8 Å². The molecule has 0 aliphatic rings. The summed E-state index contributed by atoms with van der Waals surface area (Å²) >= 11 is 0. The highest BCUT2D eigenvalue weighted by Crippen LogP contribution is 2.16. The summed E-state index contributed by atoms with van der Waals surface area (Å²) in [5.41, 5.74) is 5.96. The van der Waals surface area contributed by atoms with Crippen LogP contribution >= 0.6 is 0 Å². The van der Waals surface area contributed by atoms with Gasteiger partial charge in [-0.15, -0.1) is 0 Å². The SMILES string of the molecule is Cc1ccc(C)n1NC(=O)c1ccc(O[C@H](C)C(=O)Nc2ccccc2)cc1. The van der Waals surface area contributed by atoms with Gasteiger partial charge in [-0.25, -0.2) is 0 Å². The molecule has 1 atom stereocenters. The lowest BCUT2D eigenvalue weighted by molar-refractivity contribution is -0.122. The standard InChI is InChI=1S/C22H23N3O3/c1-15-9-10-16(2)25(15)24-22(27)18-11-13-20(14-12-18)28-17(3)21(26)23-19-7-5-4-6-8-19/h4-14,17H,1-3H3,(H,23,26)(H,24,27)/t17-/m1/s1. The quantitative estimate of drug-likeness (QED) is 0.684. The molecular weight excluding hydrogens is 354 g/mol. The normalized spacial score (nSPS) is 11.5. The molecule has 6 heteroatoms. The number of rotatable bonds is 6. The van der Waals surface area contributed by atoms with Crippen LogP contribution in [0.25, 0.3) is 0 Å². The Morgan fingerprint density at radius 3 is 2.11 bits per heavy atom. The van der Waals surface area contributed by atoms with E-state index in [1.807, 2.05) is 56.3 Å². The number of aromatic nitrogens is 1. The Balaban J connectivity index is 1.59. The fourth-order valence-electron chi connectivity index (χ4n) is 2.72. The number of benzene rings is 2. The Hall–Kier alpha value is -3.54. The van der Waals surface area contributed by atoms with Crippen molar-refractivity contribution >= 4 is 17.5 Å². The van der Waals surface area contributed by atoms with E-state index in [0.29, 0.717) is 17.0 Å². The first-order valence-electron chi connectivity index (χ1n) is 9.03. The highest BCUT2D eigenvalue weighted by atomic mass is 16.5. The molecule has 0 fully saturated rings. The molecule has 0 bridgehead atoms. The van der Waals surface area contributed by atoms with E-state index in [9.17, 15) is 9.59 Å². The summed E-state index contributed by atoms with van der Waals surface area (Å²) in [7, 11) is 0. The summed E-state index contributed by atoms with van der Waals surface area (Å²) in [5, 5.41) is 2.80. The van der Waals surface area contributed by atoms with E-state index in [0.717, 1.165) is 11.4 Å². The minimum Gasteiger partial charge on any atom is -0.481 e. The predicted molar refractivity (Wildman–Crippen MR) is 109 cm³/mol. The Morgan fingerprint density at radius 1 is 0.893 bits per heavy atom. The van der Waals surface area contributed by atoms with Crippen LogP contribution in [0.3, 0.4) is 0 Å². The van der Waals surface area contributed by atoms with Crippen LogP contribution in [0.5, 0.6) is 5.75 Å². The number of aryl methyl sites for hydroxylation is 2. The van der Waals surface area contributed by atoms with E-state index in [-0.39, 0.29) is 11.8 Å². The Morgan fingerprint density at radius 2 is 1.50 bits per heavy atom. The van der Waals surface area contributed by atoms with Crippen molar-refractivity contribution in [1.29, 1.82) is 0 Å². The molecule has 2 aromatic carbocycles. The first-order valence-corrected chi connectivity index (χ1v) is 9.03. The third-order valence-electron chi connectivity index (χ3n) is 4.32. The number of anilines is 1. The molecule has 0 aliphatic carbocycles. The first-order chi connectivity index (χ1) is 13.4. The van der Waals surface area contributed by atoms with Gasteiger partial charge in [0.05, 0.1) is 0 Å². The fourth-order valence-corrected chi connectivity index (χ4v) is 2.72. The zero-order valence-corrected chi connectivity index (χ0v) is 16.1. The third kappa shape index (κ3) is 4.59. The minimum atomic E-state index is -0.676. The average Bonchev–Trinajstić information content (AvgIpc) is 3.01. The molecule has 0 radical (unpaired) electrons. The first kappa shape index (κ1) is 19.2. The number of hydrogen-bond acceptors (Lipinski definition) is 3. The zero-order valence-electron chi connectivity index (χ0n) is 16.1. The van der Waals surface area contributed by atoms with Crippen LogP contribution in [0.15, 0.2) is 66.7 Å². The van der Waals surface area contributed by atoms with Crippen molar-refractivity contribution in [1.82, 2.24) is 4.68 Å². The maximum Gasteiger partial charge on any atom is 0.270 e. The number of nitrogens with zero attached hydrogens (tertiary/aromatic N) is 1. The number of carbonyl (C=O) groups is 2. The van der Waals surface area contributed by atoms with Crippen LogP contribution in [0, 0.1) is 13.8 Å². The van der Waals surface area contributed by atoms with Gasteiger partial charge >= 0.3 is 0 Å². The van der Waals surface area contributed by atoms with Crippen LogP contribution in [0.2, 0.25) is 0 Å². The lowest BCUT2D eigenvalue weighted by Gasteiger charge is -2.15. The number of para-hydroxylation sites is 1. The van der Waals surface area contributed by atoms with Crippen LogP contribution in [-0.2, 0) is 4.79 Å². The van der Waals surface area contributed by atoms with Gasteiger partial charge in [-0.2, -0.15) is 0 Å². The number of ether oxygens (including phenoxy) is 1. The molecule has 0 saturated heterocycles. The minimum absolute atomic E-state index is 0.219. The van der Waals surface area contributed by atoms with Crippen LogP contribution < -0.4 is 15.5 Å². The molecule has 144 valence electrons. The second-order valence-corrected chi connectivity index (χ2v) is 6.53. The molecule has 0 spiro atoms. The number of carbonyl (C=O) groups excluding carboxylic acids is 2. The fraction of sp³-hybridized carbons (Fsp3) is 0.182. The van der Waals surface area contributed by atoms with Crippen molar-refractivity contribution in [3.63, 3.8) is 0 Å². The smallest absolute Gasteiger partial charge is 0.270 e. The molecule has 2 N–H and O–H groups in total. The largest absolute Gasteiger partial charge is 0.481 e. The summed E-state index contributed by atoms with van der Waals surface area (Å²) in [6, 6.07) is 19.8. The summed E-state index contributed by atoms with van der Waals surface area (Å²) in [6.45, 7) is 5.52. The lowest BCUT2D eigenvalue weighted by atomic mass is 10.2. The van der Waals surface area contributed by atoms with Crippen LogP contribution in [0.4, 0.5) is 5.69 Å². The van der Waals surface area contributed by atoms with Crippen molar-refractivity contribution in [2.24, 2.45) is 0 Å². The number of hydrogen-bond donors (Lipinski definition) is 2. The predicted octanol–water partition coefficient (Wildman–Crippen LogP) is 3.89. The van der Waals surface area contributed by atoms with E-state index >= 15 is 0 Å². The van der Waals surface area contributed by atoms with Gasteiger partial charge in [-0.3, -0.25) is 19.7 Å². The lowest BCUT2D eigenvalue weighted by Crippen LogP contribution is -2.30. The molecule has 1 heterocycles. The number of amides is 2. The monoisotopic (exact) mass is 377 g/mol. The highest BCUT2D eigenvalue weighted by molar-refractivity contribution is 6.00. The summed E-state index contributed by atoms with van der Waals surface area (Å²) in [4.78, 5) is 24.7. The summed E-state index contributed by atoms with van der Waals surface area (Å²) in [5.74, 6) is 0.0518. The van der Waals surface area contributed by atoms with E-state index in [1.54, 1.807) is 35.9 Å². The van der Waals surface area contributed by atoms with Gasteiger partial charge in [-0.1, -0.05) is 18.2 Å². The summed E-state index contributed by atoms with van der Waals surface area (Å²) < 4.78 is 7.42. The second-order valence-electron chi connectivity index (χ2n) is 6.53. The molecule has 0 aliphatic heterocycles. The van der Waals surface area contributed by atoms with E-state index in [1.165, 1.54) is 0 Å². The van der Waals surface area contributed by atoms with Gasteiger partial charge in [0.1, 0.15) is 5.75 Å². The molecule has 28 heavy (non-hydrogen) atoms. The van der Waals surface area contributed by atoms with Crippen molar-refractivity contribution in [2.75, 3.05) is 10.7 Å². The molecule has 0 saturated carbocycles. The highest BCUT2D eigenvalue weighted by Gasteiger charge is 2.15. The molecule has 2 amide bonds. The van der Waals surface area contributed by atoms with Gasteiger partial charge in [-0.05, 0) is 69.3 Å². The molecule has 6 nitrogen and oxygen atoms in total. The summed E-state index contributed by atoms with van der Waals surface area (Å²) in [6.07, 6.45) is -0.676. The Labute approximate surface area is 164 Å². The maximum absolute atomic E-state index is 12.4. The van der Waals surface area contributed by atoms with E-state index in [2.05, 4.69) is 10.7 Å². The van der Waals surface area contributed by atoms with Crippen molar-refractivity contribution in [3.05, 3.63) is 83.7 Å². The molecular formula is C22H23N3O3. The van der Waals surface area contributed by atoms with Crippen molar-refractivity contribution < 1.29 is 14.3 Å². The van der Waals surface area contributed by atoms with Crippen molar-refractivity contribution in [2.45, 2.75) is 26.9 Å². The molecule has 3 rings (SSSR count). The van der Waals surface area contributed by atoms with Crippen molar-refractivity contribution in [3.8, 4) is 5.75 Å². The average molecular weight is 377 g/mol. The molecule has 0 unspecified atom stereocenters. The van der Waals surface area contributed by atoms with E-state index < -0.39 is 6.10 Å². The van der Waals surface area contributed by atoms with Crippen LogP contribution in [0.1, 0.15) is 28.7 Å². The van der Waals surface area contributed by atoms with Gasteiger partial charge in [0.15, 0.2) is 6.10 Å². The Kier molecular flexibility index (Phi) is 5.79. The van der Waals surface area contributed by atoms with Crippen LogP contribution in [-0.4, -0.2) is 22.6 Å². The molecule has 3 aromatic rings. The van der Waals surface area contributed by atoms with E-state index in [4.69, 9.17) is 4.74 Å². The maximum atomic E-state index is 12.4. The van der Waals surface area contributed by atoms with Gasteiger partial charge in [0.2, 0.25) is 0 Å². The number of nitrogens with one attached hydrogen (secondary N) is 2.